The second-order valence-corrected chi connectivity index (χ2v) is 11.2. The van der Waals surface area contributed by atoms with Gasteiger partial charge in [0.25, 0.3) is 23.6 Å². The molecule has 0 aromatic heterocycles. The van der Waals surface area contributed by atoms with Gasteiger partial charge in [-0.15, -0.1) is 0 Å². The SMILES string of the molecule is O=C1C=CC(=O)N1c1ccc(Oc2ccc(C(F)(F)C(F)(F)C(F)(F)C(F)(F)c3ccc(Oc4ccc(N5C(=O)C=CC5=O)cc4)cc3)cc2)cc1. The van der Waals surface area contributed by atoms with Crippen LogP contribution in [0.3, 0.4) is 0 Å². The summed E-state index contributed by atoms with van der Waals surface area (Å²) < 4.78 is 131. The summed E-state index contributed by atoms with van der Waals surface area (Å²) >= 11 is 0. The van der Waals surface area contributed by atoms with Crippen molar-refractivity contribution in [3.05, 3.63) is 132 Å². The van der Waals surface area contributed by atoms with E-state index in [-0.39, 0.29) is 34.4 Å². The Hall–Kier alpha value is -6.32. The average Bonchev–Trinajstić information content (AvgIpc) is 3.63. The van der Waals surface area contributed by atoms with E-state index >= 15 is 17.6 Å². The van der Waals surface area contributed by atoms with E-state index in [1.54, 1.807) is 0 Å². The van der Waals surface area contributed by atoms with E-state index in [2.05, 4.69) is 0 Å². The molecule has 4 amide bonds. The van der Waals surface area contributed by atoms with Crippen LogP contribution in [0.4, 0.5) is 46.5 Å². The molecular weight excluding hydrogens is 708 g/mol. The normalized spacial score (nSPS) is 15.2. The Morgan fingerprint density at radius 2 is 0.596 bits per heavy atom. The molecule has 0 atom stereocenters. The molecule has 52 heavy (non-hydrogen) atoms. The highest BCUT2D eigenvalue weighted by molar-refractivity contribution is 6.28. The number of imide groups is 2. The Morgan fingerprint density at radius 1 is 0.365 bits per heavy atom. The number of hydrogen-bond acceptors (Lipinski definition) is 6. The van der Waals surface area contributed by atoms with Crippen LogP contribution in [-0.4, -0.2) is 35.5 Å². The number of nitrogens with zero attached hydrogens (tertiary/aromatic N) is 2. The molecule has 2 aliphatic rings. The van der Waals surface area contributed by atoms with Crippen LogP contribution in [0.1, 0.15) is 11.1 Å². The van der Waals surface area contributed by atoms with E-state index in [1.807, 2.05) is 0 Å². The maximum absolute atomic E-state index is 15.0. The van der Waals surface area contributed by atoms with E-state index in [0.29, 0.717) is 24.3 Å². The molecule has 0 bridgehead atoms. The van der Waals surface area contributed by atoms with Crippen molar-refractivity contribution in [3.8, 4) is 23.0 Å². The first kappa shape index (κ1) is 35.5. The minimum Gasteiger partial charge on any atom is -0.457 e. The van der Waals surface area contributed by atoms with Crippen molar-refractivity contribution in [2.75, 3.05) is 9.80 Å². The van der Waals surface area contributed by atoms with Gasteiger partial charge in [-0.2, -0.15) is 35.1 Å². The first-order valence-electron chi connectivity index (χ1n) is 14.8. The Morgan fingerprint density at radius 3 is 0.846 bits per heavy atom. The number of anilines is 2. The van der Waals surface area contributed by atoms with Crippen molar-refractivity contribution in [1.29, 1.82) is 0 Å². The summed E-state index contributed by atoms with van der Waals surface area (Å²) in [4.78, 5) is 49.0. The summed E-state index contributed by atoms with van der Waals surface area (Å²) in [6.07, 6.45) is 4.25. The van der Waals surface area contributed by atoms with E-state index in [1.165, 1.54) is 48.5 Å². The smallest absolute Gasteiger partial charge is 0.382 e. The fraction of sp³-hybridized carbons (Fsp3) is 0.111. The molecule has 266 valence electrons. The molecule has 0 saturated heterocycles. The molecule has 0 saturated carbocycles. The highest BCUT2D eigenvalue weighted by Crippen LogP contribution is 2.59. The van der Waals surface area contributed by atoms with Gasteiger partial charge in [0.15, 0.2) is 0 Å². The Kier molecular flexibility index (Phi) is 8.72. The van der Waals surface area contributed by atoms with Gasteiger partial charge < -0.3 is 9.47 Å². The summed E-state index contributed by atoms with van der Waals surface area (Å²) in [7, 11) is 0. The minimum absolute atomic E-state index is 0.0480. The van der Waals surface area contributed by atoms with E-state index < -0.39 is 58.4 Å². The van der Waals surface area contributed by atoms with E-state index in [9.17, 15) is 36.7 Å². The first-order valence-corrected chi connectivity index (χ1v) is 14.8. The number of carbonyl (C=O) groups excluding carboxylic acids is 4. The molecule has 0 fully saturated rings. The summed E-state index contributed by atoms with van der Waals surface area (Å²) in [6, 6.07) is 14.7. The lowest BCUT2D eigenvalue weighted by molar-refractivity contribution is -0.374. The third-order valence-corrected chi connectivity index (χ3v) is 7.90. The molecule has 2 heterocycles. The molecule has 6 rings (SSSR count). The molecule has 4 aromatic rings. The van der Waals surface area contributed by atoms with Crippen molar-refractivity contribution in [3.63, 3.8) is 0 Å². The summed E-state index contributed by atoms with van der Waals surface area (Å²) in [6.45, 7) is 0. The van der Waals surface area contributed by atoms with Gasteiger partial charge >= 0.3 is 23.7 Å². The number of amides is 4. The third kappa shape index (κ3) is 6.05. The van der Waals surface area contributed by atoms with E-state index in [4.69, 9.17) is 9.47 Å². The van der Waals surface area contributed by atoms with Crippen LogP contribution >= 0.6 is 0 Å². The molecule has 4 aromatic carbocycles. The van der Waals surface area contributed by atoms with Crippen LogP contribution in [0.15, 0.2) is 121 Å². The van der Waals surface area contributed by atoms with Crippen molar-refractivity contribution in [1.82, 2.24) is 0 Å². The Labute approximate surface area is 287 Å². The zero-order valence-corrected chi connectivity index (χ0v) is 25.9. The first-order chi connectivity index (χ1) is 24.4. The summed E-state index contributed by atoms with van der Waals surface area (Å²) in [5.74, 6) is -27.6. The lowest BCUT2D eigenvalue weighted by Crippen LogP contribution is -2.59. The average molecular weight is 729 g/mol. The Bertz CT molecular complexity index is 1930. The quantitative estimate of drug-likeness (QED) is 0.114. The van der Waals surface area contributed by atoms with Crippen LogP contribution in [0.2, 0.25) is 0 Å². The lowest BCUT2D eigenvalue weighted by Gasteiger charge is -2.37. The number of ether oxygens (including phenoxy) is 2. The highest BCUT2D eigenvalue weighted by Gasteiger charge is 2.81. The maximum Gasteiger partial charge on any atom is 0.382 e. The van der Waals surface area contributed by atoms with Crippen LogP contribution in [-0.2, 0) is 31.0 Å². The number of alkyl halides is 8. The van der Waals surface area contributed by atoms with Crippen LogP contribution in [0.5, 0.6) is 23.0 Å². The van der Waals surface area contributed by atoms with Crippen molar-refractivity contribution < 1.29 is 63.8 Å². The third-order valence-electron chi connectivity index (χ3n) is 7.90. The van der Waals surface area contributed by atoms with Crippen LogP contribution < -0.4 is 19.3 Å². The topological polar surface area (TPSA) is 93.2 Å². The molecule has 0 radical (unpaired) electrons. The molecule has 8 nitrogen and oxygen atoms in total. The van der Waals surface area contributed by atoms with Gasteiger partial charge in [-0.25, -0.2) is 9.80 Å². The fourth-order valence-corrected chi connectivity index (χ4v) is 5.13. The molecule has 0 aliphatic carbocycles. The number of hydrogen-bond donors (Lipinski definition) is 0. The van der Waals surface area contributed by atoms with Crippen molar-refractivity contribution in [2.45, 2.75) is 23.7 Å². The zero-order valence-electron chi connectivity index (χ0n) is 25.9. The van der Waals surface area contributed by atoms with Crippen molar-refractivity contribution >= 4 is 35.0 Å². The second-order valence-electron chi connectivity index (χ2n) is 11.2. The molecule has 16 heteroatoms. The Balaban J connectivity index is 1.13. The molecule has 0 N–H and O–H groups in total. The maximum atomic E-state index is 15.0. The molecule has 2 aliphatic heterocycles. The largest absolute Gasteiger partial charge is 0.457 e. The highest BCUT2D eigenvalue weighted by atomic mass is 19.4. The van der Waals surface area contributed by atoms with Gasteiger partial charge in [-0.05, 0) is 97.1 Å². The van der Waals surface area contributed by atoms with Gasteiger partial charge in [-0.3, -0.25) is 19.2 Å². The van der Waals surface area contributed by atoms with E-state index in [0.717, 1.165) is 58.4 Å². The predicted octanol–water partition coefficient (Wildman–Crippen LogP) is 8.28. The standard InChI is InChI=1S/C36H20F8N2O6/c37-33(38,21-1-9-25(10-2-21)51-27-13-5-23(6-14-27)45-29(47)17-18-30(45)48)35(41,42)36(43,44)34(39,40)22-3-11-26(12-4-22)52-28-15-7-24(8-16-28)46-31(49)19-20-32(46)50/h1-20H. The van der Waals surface area contributed by atoms with Gasteiger partial charge in [0.1, 0.15) is 23.0 Å². The van der Waals surface area contributed by atoms with Gasteiger partial charge in [0.2, 0.25) is 0 Å². The zero-order chi connectivity index (χ0) is 37.6. The number of rotatable bonds is 11. The summed E-state index contributed by atoms with van der Waals surface area (Å²) in [5, 5.41) is 0. The molecule has 0 unspecified atom stereocenters. The molecular formula is C36H20F8N2O6. The minimum atomic E-state index is -6.62. The second kappa shape index (κ2) is 12.8. The predicted molar refractivity (Wildman–Crippen MR) is 167 cm³/mol. The van der Waals surface area contributed by atoms with Crippen LogP contribution in [0, 0.1) is 0 Å². The van der Waals surface area contributed by atoms with Gasteiger partial charge in [-0.1, -0.05) is 0 Å². The lowest BCUT2D eigenvalue weighted by atomic mass is 9.90. The van der Waals surface area contributed by atoms with Gasteiger partial charge in [0.05, 0.1) is 11.4 Å². The monoisotopic (exact) mass is 728 g/mol. The molecule has 0 spiro atoms. The van der Waals surface area contributed by atoms with Crippen molar-refractivity contribution in [2.24, 2.45) is 0 Å². The number of carbonyl (C=O) groups is 4. The fourth-order valence-electron chi connectivity index (χ4n) is 5.13. The van der Waals surface area contributed by atoms with Gasteiger partial charge in [0, 0.05) is 35.4 Å². The van der Waals surface area contributed by atoms with Crippen LogP contribution in [0.25, 0.3) is 0 Å². The summed E-state index contributed by atoms with van der Waals surface area (Å²) in [5.41, 5.74) is -3.05. The number of halogens is 8. The number of benzene rings is 4.